The largest absolute Gasteiger partial charge is 0.276 e. The molecule has 1 aromatic carbocycles. The van der Waals surface area contributed by atoms with Crippen LogP contribution in [-0.2, 0) is 0 Å². The van der Waals surface area contributed by atoms with Gasteiger partial charge in [0.15, 0.2) is 5.65 Å². The maximum absolute atomic E-state index is 13.6. The van der Waals surface area contributed by atoms with Crippen molar-refractivity contribution in [1.82, 2.24) is 14.6 Å². The fourth-order valence-electron chi connectivity index (χ4n) is 1.81. The lowest BCUT2D eigenvalue weighted by atomic mass is 10.1. The third kappa shape index (κ3) is 1.80. The molecule has 0 saturated carbocycles. The molecule has 3 rings (SSSR count). The van der Waals surface area contributed by atoms with Crippen molar-refractivity contribution in [1.29, 1.82) is 0 Å². The van der Waals surface area contributed by atoms with Crippen LogP contribution in [0.4, 0.5) is 4.39 Å². The van der Waals surface area contributed by atoms with Crippen LogP contribution in [0.25, 0.3) is 16.8 Å². The van der Waals surface area contributed by atoms with Crippen LogP contribution in [0, 0.1) is 12.7 Å². The summed E-state index contributed by atoms with van der Waals surface area (Å²) in [6.45, 7) is 1.75. The molecule has 3 nitrogen and oxygen atoms in total. The lowest BCUT2D eigenvalue weighted by Gasteiger charge is -2.04. The van der Waals surface area contributed by atoms with E-state index in [4.69, 9.17) is 0 Å². The number of fused-ring (bicyclic) bond motifs is 1. The normalized spacial score (nSPS) is 11.1. The van der Waals surface area contributed by atoms with Crippen molar-refractivity contribution in [3.8, 4) is 11.1 Å². The molecule has 3 aromatic rings. The molecule has 0 fully saturated rings. The summed E-state index contributed by atoms with van der Waals surface area (Å²) >= 11 is 3.31. The van der Waals surface area contributed by atoms with Crippen molar-refractivity contribution >= 4 is 21.6 Å². The van der Waals surface area contributed by atoms with Gasteiger partial charge in [-0.15, -0.1) is 10.2 Å². The maximum Gasteiger partial charge on any atom is 0.204 e. The first-order valence-electron chi connectivity index (χ1n) is 5.42. The van der Waals surface area contributed by atoms with Crippen LogP contribution in [0.2, 0.25) is 0 Å². The van der Waals surface area contributed by atoms with Crippen molar-refractivity contribution in [3.63, 3.8) is 0 Å². The molecule has 18 heavy (non-hydrogen) atoms. The quantitative estimate of drug-likeness (QED) is 0.687. The van der Waals surface area contributed by atoms with E-state index in [-0.39, 0.29) is 5.82 Å². The first-order valence-corrected chi connectivity index (χ1v) is 6.21. The molecule has 0 amide bonds. The van der Waals surface area contributed by atoms with E-state index < -0.39 is 0 Å². The van der Waals surface area contributed by atoms with Gasteiger partial charge in [0.25, 0.3) is 0 Å². The van der Waals surface area contributed by atoms with E-state index >= 15 is 0 Å². The molecule has 5 heteroatoms. The third-order valence-corrected chi connectivity index (χ3v) is 3.41. The summed E-state index contributed by atoms with van der Waals surface area (Å²) in [5.74, 6) is -0.199. The number of hydrogen-bond donors (Lipinski definition) is 0. The second-order valence-corrected chi connectivity index (χ2v) is 4.79. The fraction of sp³-hybridized carbons (Fsp3) is 0.0769. The van der Waals surface area contributed by atoms with Gasteiger partial charge in [0.05, 0.1) is 0 Å². The van der Waals surface area contributed by atoms with Crippen molar-refractivity contribution in [2.75, 3.05) is 0 Å². The number of hydrogen-bond acceptors (Lipinski definition) is 2. The Kier molecular flexibility index (Phi) is 2.63. The van der Waals surface area contributed by atoms with Crippen LogP contribution in [0.3, 0.4) is 0 Å². The highest BCUT2D eigenvalue weighted by Crippen LogP contribution is 2.23. The monoisotopic (exact) mass is 305 g/mol. The summed E-state index contributed by atoms with van der Waals surface area (Å²) in [7, 11) is 0. The minimum absolute atomic E-state index is 0.199. The minimum Gasteiger partial charge on any atom is -0.276 e. The number of aryl methyl sites for hydroxylation is 1. The Labute approximate surface area is 111 Å². The Balaban J connectivity index is 2.18. The molecule has 0 unspecified atom stereocenters. The molecule has 0 spiro atoms. The van der Waals surface area contributed by atoms with Gasteiger partial charge in [0.1, 0.15) is 5.82 Å². The van der Waals surface area contributed by atoms with Crippen LogP contribution in [0.1, 0.15) is 5.56 Å². The maximum atomic E-state index is 13.6. The Morgan fingerprint density at radius 3 is 2.67 bits per heavy atom. The van der Waals surface area contributed by atoms with Crippen molar-refractivity contribution in [2.45, 2.75) is 6.92 Å². The molecule has 0 atom stereocenters. The molecule has 0 aliphatic rings. The molecular formula is C13H9BrFN3. The average molecular weight is 306 g/mol. The first-order chi connectivity index (χ1) is 8.65. The molecular weight excluding hydrogens is 297 g/mol. The molecule has 2 aromatic heterocycles. The van der Waals surface area contributed by atoms with Gasteiger partial charge in [-0.2, -0.15) is 0 Å². The van der Waals surface area contributed by atoms with Crippen molar-refractivity contribution in [2.24, 2.45) is 0 Å². The highest BCUT2D eigenvalue weighted by Gasteiger charge is 2.06. The third-order valence-electron chi connectivity index (χ3n) is 2.87. The zero-order valence-electron chi connectivity index (χ0n) is 9.56. The molecule has 0 aliphatic heterocycles. The highest BCUT2D eigenvalue weighted by atomic mass is 79.9. The van der Waals surface area contributed by atoms with Crippen LogP contribution in [-0.4, -0.2) is 14.6 Å². The molecule has 2 heterocycles. The number of halogens is 2. The first kappa shape index (κ1) is 11.3. The Bertz CT molecular complexity index is 736. The molecule has 0 bridgehead atoms. The van der Waals surface area contributed by atoms with Crippen LogP contribution in [0.5, 0.6) is 0 Å². The summed E-state index contributed by atoms with van der Waals surface area (Å²) in [6, 6.07) is 8.97. The van der Waals surface area contributed by atoms with Gasteiger partial charge in [0.2, 0.25) is 4.73 Å². The summed E-state index contributed by atoms with van der Waals surface area (Å²) in [5.41, 5.74) is 3.14. The van der Waals surface area contributed by atoms with Gasteiger partial charge < -0.3 is 0 Å². The summed E-state index contributed by atoms with van der Waals surface area (Å²) in [6.07, 6.45) is 1.88. The predicted molar refractivity (Wildman–Crippen MR) is 70.8 cm³/mol. The number of benzene rings is 1. The molecule has 90 valence electrons. The van der Waals surface area contributed by atoms with Crippen LogP contribution < -0.4 is 0 Å². The Morgan fingerprint density at radius 2 is 1.89 bits per heavy atom. The van der Waals surface area contributed by atoms with Crippen molar-refractivity contribution < 1.29 is 4.39 Å². The second kappa shape index (κ2) is 4.17. The van der Waals surface area contributed by atoms with Gasteiger partial charge in [-0.3, -0.25) is 4.40 Å². The summed E-state index contributed by atoms with van der Waals surface area (Å²) < 4.78 is 16.0. The smallest absolute Gasteiger partial charge is 0.204 e. The van der Waals surface area contributed by atoms with Gasteiger partial charge in [0, 0.05) is 6.20 Å². The van der Waals surface area contributed by atoms with Gasteiger partial charge in [-0.25, -0.2) is 4.39 Å². The molecule has 0 aliphatic carbocycles. The second-order valence-electron chi connectivity index (χ2n) is 4.08. The standard InChI is InChI=1S/C13H9BrFN3/c1-8-2-3-9(6-11(8)15)10-4-5-12-16-17-13(14)18(12)7-10/h2-7H,1H3. The molecule has 0 saturated heterocycles. The van der Waals surface area contributed by atoms with Crippen LogP contribution >= 0.6 is 15.9 Å². The van der Waals surface area contributed by atoms with E-state index in [0.717, 1.165) is 16.8 Å². The van der Waals surface area contributed by atoms with E-state index in [9.17, 15) is 4.39 Å². The number of rotatable bonds is 1. The summed E-state index contributed by atoms with van der Waals surface area (Å²) in [5, 5.41) is 7.89. The Morgan fingerprint density at radius 1 is 1.11 bits per heavy atom. The summed E-state index contributed by atoms with van der Waals surface area (Å²) in [4.78, 5) is 0. The zero-order valence-corrected chi connectivity index (χ0v) is 11.1. The molecule has 0 radical (unpaired) electrons. The number of pyridine rings is 1. The van der Waals surface area contributed by atoms with E-state index in [1.165, 1.54) is 6.07 Å². The van der Waals surface area contributed by atoms with E-state index in [2.05, 4.69) is 26.1 Å². The Hall–Kier alpha value is -1.75. The molecule has 0 N–H and O–H groups in total. The average Bonchev–Trinajstić information content (AvgIpc) is 2.74. The number of aromatic nitrogens is 3. The fourth-order valence-corrected chi connectivity index (χ4v) is 2.17. The van der Waals surface area contributed by atoms with E-state index in [1.807, 2.05) is 28.8 Å². The lowest BCUT2D eigenvalue weighted by Crippen LogP contribution is -1.89. The minimum atomic E-state index is -0.199. The highest BCUT2D eigenvalue weighted by molar-refractivity contribution is 9.10. The topological polar surface area (TPSA) is 30.2 Å². The SMILES string of the molecule is Cc1ccc(-c2ccc3nnc(Br)n3c2)cc1F. The van der Waals surface area contributed by atoms with Gasteiger partial charge in [-0.1, -0.05) is 12.1 Å². The van der Waals surface area contributed by atoms with Crippen molar-refractivity contribution in [3.05, 3.63) is 52.6 Å². The van der Waals surface area contributed by atoms with E-state index in [1.54, 1.807) is 13.0 Å². The zero-order chi connectivity index (χ0) is 12.7. The van der Waals surface area contributed by atoms with Gasteiger partial charge in [-0.05, 0) is 57.7 Å². The lowest BCUT2D eigenvalue weighted by molar-refractivity contribution is 0.619. The number of nitrogens with zero attached hydrogens (tertiary/aromatic N) is 3. The van der Waals surface area contributed by atoms with E-state index in [0.29, 0.717) is 10.3 Å². The van der Waals surface area contributed by atoms with Crippen LogP contribution in [0.15, 0.2) is 41.3 Å². The predicted octanol–water partition coefficient (Wildman–Crippen LogP) is 3.61. The van der Waals surface area contributed by atoms with Gasteiger partial charge >= 0.3 is 0 Å².